The summed E-state index contributed by atoms with van der Waals surface area (Å²) in [6, 6.07) is 0. The maximum Gasteiger partial charge on any atom is 0.0754 e. The molecule has 0 aromatic heterocycles. The van der Waals surface area contributed by atoms with Crippen LogP contribution in [0.15, 0.2) is 0 Å². The average Bonchev–Trinajstić information content (AvgIpc) is 3.34. The van der Waals surface area contributed by atoms with Gasteiger partial charge in [0.2, 0.25) is 0 Å². The minimum absolute atomic E-state index is 0.615. The molecular formula is C63H130N4. The molecule has 402 valence electrons. The van der Waals surface area contributed by atoms with Crippen LogP contribution in [0.5, 0.6) is 0 Å². The van der Waals surface area contributed by atoms with Gasteiger partial charge in [0.15, 0.2) is 0 Å². The molecule has 0 aromatic rings. The second-order valence-electron chi connectivity index (χ2n) is 22.5. The first-order valence-electron chi connectivity index (χ1n) is 32.1. The summed E-state index contributed by atoms with van der Waals surface area (Å²) in [5, 5.41) is 0. The minimum Gasteiger partial charge on any atom is -0.302 e. The lowest BCUT2D eigenvalue weighted by atomic mass is 10.1. The summed E-state index contributed by atoms with van der Waals surface area (Å²) in [4.78, 5) is 11.9. The van der Waals surface area contributed by atoms with Gasteiger partial charge in [-0.1, -0.05) is 304 Å². The lowest BCUT2D eigenvalue weighted by Gasteiger charge is -2.47. The van der Waals surface area contributed by atoms with Crippen LogP contribution in [0.1, 0.15) is 336 Å². The van der Waals surface area contributed by atoms with E-state index in [1.54, 1.807) is 0 Å². The van der Waals surface area contributed by atoms with Gasteiger partial charge in [-0.05, 0) is 64.8 Å². The number of unbranched alkanes of at least 4 members (excludes halogenated alkanes) is 42. The van der Waals surface area contributed by atoms with Crippen molar-refractivity contribution in [2.45, 2.75) is 343 Å². The Morgan fingerprint density at radius 2 is 0.537 bits per heavy atom. The van der Waals surface area contributed by atoms with Crippen molar-refractivity contribution >= 4 is 0 Å². The Balaban J connectivity index is 2.87. The number of hydrogen-bond acceptors (Lipinski definition) is 4. The van der Waals surface area contributed by atoms with Crippen LogP contribution in [-0.4, -0.2) is 91.2 Å². The first-order valence-corrected chi connectivity index (χ1v) is 32.1. The number of nitrogens with zero attached hydrogens (tertiary/aromatic N) is 4. The van der Waals surface area contributed by atoms with Crippen molar-refractivity contribution in [1.82, 2.24) is 19.6 Å². The van der Waals surface area contributed by atoms with E-state index in [1.165, 1.54) is 367 Å². The highest BCUT2D eigenvalue weighted by Crippen LogP contribution is 2.21. The zero-order chi connectivity index (χ0) is 48.2. The Labute approximate surface area is 425 Å². The topological polar surface area (TPSA) is 13.0 Å². The van der Waals surface area contributed by atoms with E-state index in [0.29, 0.717) is 6.17 Å². The summed E-state index contributed by atoms with van der Waals surface area (Å²) in [5.74, 6) is 0. The highest BCUT2D eigenvalue weighted by atomic mass is 15.4. The Morgan fingerprint density at radius 3 is 0.851 bits per heavy atom. The van der Waals surface area contributed by atoms with Crippen LogP contribution in [0, 0.1) is 0 Å². The van der Waals surface area contributed by atoms with Gasteiger partial charge < -0.3 is 4.90 Å². The monoisotopic (exact) mass is 943 g/mol. The van der Waals surface area contributed by atoms with Crippen LogP contribution in [0.25, 0.3) is 0 Å². The standard InChI is InChI=1S/C63H130N4/c1-6-11-16-21-25-29-33-36-40-45-49-54-64(53-48-44-39-35-31-27-23-18-13-8-3)58-59-65-60-61-67(57-52-47-42-38-34-30-26-22-17-12-7-2)63(62-65)66(55-50-43-20-15-10-5)56-51-46-41-37-32-28-24-19-14-9-4/h63H,6-62H2,1-5H3. The van der Waals surface area contributed by atoms with E-state index in [1.807, 2.05) is 0 Å². The molecule has 1 unspecified atom stereocenters. The van der Waals surface area contributed by atoms with E-state index in [0.717, 1.165) is 0 Å². The molecule has 1 atom stereocenters. The van der Waals surface area contributed by atoms with E-state index in [2.05, 4.69) is 54.2 Å². The Hall–Kier alpha value is -0.160. The second-order valence-corrected chi connectivity index (χ2v) is 22.5. The molecule has 0 bridgehead atoms. The van der Waals surface area contributed by atoms with Gasteiger partial charge in [-0.2, -0.15) is 0 Å². The third-order valence-corrected chi connectivity index (χ3v) is 16.0. The zero-order valence-electron chi connectivity index (χ0n) is 47.7. The third-order valence-electron chi connectivity index (χ3n) is 16.0. The van der Waals surface area contributed by atoms with Crippen LogP contribution < -0.4 is 0 Å². The summed E-state index contributed by atoms with van der Waals surface area (Å²) in [6.45, 7) is 24.7. The molecule has 4 heteroatoms. The van der Waals surface area contributed by atoms with E-state index >= 15 is 0 Å². The number of hydrogen-bond donors (Lipinski definition) is 0. The van der Waals surface area contributed by atoms with Crippen LogP contribution in [-0.2, 0) is 0 Å². The zero-order valence-corrected chi connectivity index (χ0v) is 47.7. The molecule has 1 rings (SSSR count). The van der Waals surface area contributed by atoms with Gasteiger partial charge in [0, 0.05) is 32.7 Å². The van der Waals surface area contributed by atoms with Crippen LogP contribution in [0.3, 0.4) is 0 Å². The Bertz CT molecular complexity index is 910. The van der Waals surface area contributed by atoms with Gasteiger partial charge >= 0.3 is 0 Å². The molecule has 0 N–H and O–H groups in total. The molecule has 0 spiro atoms. The summed E-state index contributed by atoms with van der Waals surface area (Å²) in [6.07, 6.45) is 68.2. The van der Waals surface area contributed by atoms with E-state index in [4.69, 9.17) is 0 Å². The largest absolute Gasteiger partial charge is 0.302 e. The van der Waals surface area contributed by atoms with Crippen molar-refractivity contribution in [1.29, 1.82) is 0 Å². The molecule has 0 radical (unpaired) electrons. The fraction of sp³-hybridized carbons (Fsp3) is 1.00. The van der Waals surface area contributed by atoms with Crippen LogP contribution in [0.2, 0.25) is 0 Å². The highest BCUT2D eigenvalue weighted by molar-refractivity contribution is 4.84. The second kappa shape index (κ2) is 53.6. The van der Waals surface area contributed by atoms with Crippen molar-refractivity contribution in [2.24, 2.45) is 0 Å². The first-order chi connectivity index (χ1) is 33.2. The lowest BCUT2D eigenvalue weighted by Crippen LogP contribution is -2.61. The molecule has 0 aliphatic carbocycles. The molecule has 1 heterocycles. The van der Waals surface area contributed by atoms with Crippen molar-refractivity contribution in [3.05, 3.63) is 0 Å². The van der Waals surface area contributed by atoms with E-state index in [-0.39, 0.29) is 0 Å². The molecule has 1 aliphatic heterocycles. The molecular weight excluding hydrogens is 813 g/mol. The van der Waals surface area contributed by atoms with Crippen LogP contribution >= 0.6 is 0 Å². The molecule has 0 amide bonds. The lowest BCUT2D eigenvalue weighted by molar-refractivity contribution is -0.0267. The molecule has 4 nitrogen and oxygen atoms in total. The maximum atomic E-state index is 3.04. The molecule has 1 aliphatic rings. The van der Waals surface area contributed by atoms with Gasteiger partial charge in [-0.15, -0.1) is 0 Å². The van der Waals surface area contributed by atoms with Crippen molar-refractivity contribution in [3.8, 4) is 0 Å². The highest BCUT2D eigenvalue weighted by Gasteiger charge is 2.31. The fourth-order valence-corrected chi connectivity index (χ4v) is 11.2. The van der Waals surface area contributed by atoms with Crippen molar-refractivity contribution in [2.75, 3.05) is 65.4 Å². The smallest absolute Gasteiger partial charge is 0.0754 e. The number of rotatable bonds is 56. The molecule has 1 saturated heterocycles. The van der Waals surface area contributed by atoms with E-state index in [9.17, 15) is 0 Å². The molecule has 0 aromatic carbocycles. The predicted octanol–water partition coefficient (Wildman–Crippen LogP) is 20.0. The predicted molar refractivity (Wildman–Crippen MR) is 305 cm³/mol. The fourth-order valence-electron chi connectivity index (χ4n) is 11.2. The Kier molecular flexibility index (Phi) is 51.9. The average molecular weight is 944 g/mol. The normalized spacial score (nSPS) is 15.0. The van der Waals surface area contributed by atoms with Crippen molar-refractivity contribution in [3.63, 3.8) is 0 Å². The molecule has 0 saturated carbocycles. The summed E-state index contributed by atoms with van der Waals surface area (Å²) >= 11 is 0. The number of piperazine rings is 1. The first kappa shape index (κ1) is 64.9. The Morgan fingerprint density at radius 1 is 0.269 bits per heavy atom. The summed E-state index contributed by atoms with van der Waals surface area (Å²) in [7, 11) is 0. The van der Waals surface area contributed by atoms with Gasteiger partial charge in [0.05, 0.1) is 6.17 Å². The third kappa shape index (κ3) is 43.2. The maximum absolute atomic E-state index is 3.04. The van der Waals surface area contributed by atoms with Crippen LogP contribution in [0.4, 0.5) is 0 Å². The van der Waals surface area contributed by atoms with Gasteiger partial charge in [-0.3, -0.25) is 14.7 Å². The van der Waals surface area contributed by atoms with Crippen molar-refractivity contribution < 1.29 is 0 Å². The summed E-state index contributed by atoms with van der Waals surface area (Å²) < 4.78 is 0. The van der Waals surface area contributed by atoms with Gasteiger partial charge in [0.25, 0.3) is 0 Å². The SMILES string of the molecule is CCCCCCCCCCCCCN(CCCCCCCCCCCC)CCN1CCN(CCCCCCCCCCCCC)C(N(CCCCCCC)CCCCCCCCCCCC)C1. The molecule has 1 fully saturated rings. The van der Waals surface area contributed by atoms with Gasteiger partial charge in [-0.25, -0.2) is 0 Å². The quantitative estimate of drug-likeness (QED) is 0.0563. The van der Waals surface area contributed by atoms with E-state index < -0.39 is 0 Å². The molecule has 67 heavy (non-hydrogen) atoms. The minimum atomic E-state index is 0.615. The van der Waals surface area contributed by atoms with Gasteiger partial charge in [0.1, 0.15) is 0 Å². The summed E-state index contributed by atoms with van der Waals surface area (Å²) in [5.41, 5.74) is 0.